The number of aromatic nitrogens is 2. The number of aryl methyl sites for hydroxylation is 1. The van der Waals surface area contributed by atoms with Crippen molar-refractivity contribution in [2.75, 3.05) is 13.7 Å². The standard InChI is InChI=1S/C31H33FN4O3/c1-20-16-35(19-33-20)26-9-4-21(14-27(26)38-3)25-15-24(37)10-11-31(25)17-30(12-13-30)18-36-28(31)34-39-29(36,2)22-5-7-23(32)8-6-22/h4-9,14,16,19,25H,10-13,15,17-18H2,1-3H3. The van der Waals surface area contributed by atoms with Crippen LogP contribution in [0.5, 0.6) is 5.75 Å². The first-order valence-corrected chi connectivity index (χ1v) is 13.8. The third kappa shape index (κ3) is 3.71. The first kappa shape index (κ1) is 24.4. The van der Waals surface area contributed by atoms with Gasteiger partial charge in [0.25, 0.3) is 0 Å². The van der Waals surface area contributed by atoms with E-state index < -0.39 is 5.72 Å². The lowest BCUT2D eigenvalue weighted by molar-refractivity contribution is -0.124. The normalized spacial score (nSPS) is 28.8. The highest BCUT2D eigenvalue weighted by Gasteiger charge is 2.65. The Morgan fingerprint density at radius 2 is 1.92 bits per heavy atom. The van der Waals surface area contributed by atoms with Gasteiger partial charge in [0.2, 0.25) is 5.72 Å². The molecule has 0 amide bonds. The number of imidazole rings is 1. The third-order valence-electron chi connectivity index (χ3n) is 9.59. The van der Waals surface area contributed by atoms with Gasteiger partial charge >= 0.3 is 0 Å². The number of methoxy groups -OCH3 is 1. The maximum atomic E-state index is 13.8. The van der Waals surface area contributed by atoms with Crippen molar-refractivity contribution in [1.82, 2.24) is 14.5 Å². The second-order valence-electron chi connectivity index (χ2n) is 12.1. The van der Waals surface area contributed by atoms with Crippen LogP contribution in [0.25, 0.3) is 5.69 Å². The van der Waals surface area contributed by atoms with Crippen molar-refractivity contribution in [2.24, 2.45) is 16.0 Å². The molecule has 0 N–H and O–H groups in total. The molecule has 3 fully saturated rings. The summed E-state index contributed by atoms with van der Waals surface area (Å²) in [7, 11) is 1.68. The number of hydrogen-bond donors (Lipinski definition) is 0. The maximum Gasteiger partial charge on any atom is 0.234 e. The Hall–Kier alpha value is -3.68. The van der Waals surface area contributed by atoms with Gasteiger partial charge in [0.15, 0.2) is 5.84 Å². The molecule has 2 aliphatic carbocycles. The van der Waals surface area contributed by atoms with E-state index in [9.17, 15) is 9.18 Å². The summed E-state index contributed by atoms with van der Waals surface area (Å²) in [5, 5.41) is 4.79. The van der Waals surface area contributed by atoms with Gasteiger partial charge in [-0.05, 0) is 67.9 Å². The van der Waals surface area contributed by atoms with Gasteiger partial charge < -0.3 is 19.0 Å². The van der Waals surface area contributed by atoms with Gasteiger partial charge in [0, 0.05) is 49.4 Å². The van der Waals surface area contributed by atoms with Crippen molar-refractivity contribution in [1.29, 1.82) is 0 Å². The molecule has 0 radical (unpaired) electrons. The predicted molar refractivity (Wildman–Crippen MR) is 144 cm³/mol. The second-order valence-corrected chi connectivity index (χ2v) is 12.1. The Bertz CT molecular complexity index is 1490. The van der Waals surface area contributed by atoms with E-state index in [4.69, 9.17) is 14.7 Å². The topological polar surface area (TPSA) is 68.9 Å². The minimum absolute atomic E-state index is 0.0515. The smallest absolute Gasteiger partial charge is 0.234 e. The zero-order valence-electron chi connectivity index (χ0n) is 22.6. The summed E-state index contributed by atoms with van der Waals surface area (Å²) in [5.41, 5.74) is 2.81. The molecule has 39 heavy (non-hydrogen) atoms. The van der Waals surface area contributed by atoms with Gasteiger partial charge in [-0.1, -0.05) is 23.4 Å². The first-order valence-electron chi connectivity index (χ1n) is 13.8. The summed E-state index contributed by atoms with van der Waals surface area (Å²) >= 11 is 0. The molecule has 3 heterocycles. The summed E-state index contributed by atoms with van der Waals surface area (Å²) in [4.78, 5) is 26.0. The van der Waals surface area contributed by atoms with Gasteiger partial charge in [-0.15, -0.1) is 0 Å². The highest BCUT2D eigenvalue weighted by molar-refractivity contribution is 5.94. The maximum absolute atomic E-state index is 13.8. The van der Waals surface area contributed by atoms with Crippen LogP contribution >= 0.6 is 0 Å². The van der Waals surface area contributed by atoms with E-state index >= 15 is 0 Å². The average molecular weight is 529 g/mol. The number of oxime groups is 1. The van der Waals surface area contributed by atoms with Crippen molar-refractivity contribution >= 4 is 11.6 Å². The fourth-order valence-electron chi connectivity index (χ4n) is 7.29. The predicted octanol–water partition coefficient (Wildman–Crippen LogP) is 5.85. The van der Waals surface area contributed by atoms with Crippen molar-refractivity contribution in [3.63, 3.8) is 0 Å². The summed E-state index contributed by atoms with van der Waals surface area (Å²) in [6.45, 7) is 4.84. The number of Topliss-reactive ketones (excluding diaryl/α,β-unsaturated/α-hetero) is 1. The van der Waals surface area contributed by atoms with Crippen molar-refractivity contribution in [3.05, 3.63) is 77.6 Å². The number of carbonyl (C=O) groups is 1. The number of ketones is 1. The number of amidine groups is 1. The lowest BCUT2D eigenvalue weighted by Crippen LogP contribution is -2.59. The highest BCUT2D eigenvalue weighted by atomic mass is 19.1. The Labute approximate surface area is 227 Å². The molecular weight excluding hydrogens is 495 g/mol. The van der Waals surface area contributed by atoms with E-state index in [1.165, 1.54) is 12.1 Å². The number of hydrogen-bond acceptors (Lipinski definition) is 6. The molecule has 3 unspecified atom stereocenters. The Kier molecular flexibility index (Phi) is 5.25. The van der Waals surface area contributed by atoms with Gasteiger partial charge in [0.05, 0.1) is 24.8 Å². The zero-order chi connectivity index (χ0) is 27.0. The van der Waals surface area contributed by atoms with Gasteiger partial charge in [-0.3, -0.25) is 4.79 Å². The Morgan fingerprint density at radius 3 is 2.62 bits per heavy atom. The lowest BCUT2D eigenvalue weighted by atomic mass is 9.56. The van der Waals surface area contributed by atoms with E-state index in [-0.39, 0.29) is 28.3 Å². The number of fused-ring (bicyclic) bond motifs is 2. The van der Waals surface area contributed by atoms with E-state index in [2.05, 4.69) is 28.1 Å². The summed E-state index contributed by atoms with van der Waals surface area (Å²) in [5.74, 6) is 1.63. The molecule has 1 saturated heterocycles. The molecule has 3 atom stereocenters. The van der Waals surface area contributed by atoms with Crippen LogP contribution in [0, 0.1) is 23.6 Å². The van der Waals surface area contributed by atoms with E-state index in [1.54, 1.807) is 25.6 Å². The minimum Gasteiger partial charge on any atom is -0.495 e. The van der Waals surface area contributed by atoms with Gasteiger partial charge in [-0.2, -0.15) is 0 Å². The molecule has 0 bridgehead atoms. The van der Waals surface area contributed by atoms with Crippen molar-refractivity contribution < 1.29 is 18.8 Å². The Morgan fingerprint density at radius 1 is 1.13 bits per heavy atom. The first-order chi connectivity index (χ1) is 18.8. The largest absolute Gasteiger partial charge is 0.495 e. The average Bonchev–Trinajstić information content (AvgIpc) is 3.37. The molecule has 2 aliphatic heterocycles. The van der Waals surface area contributed by atoms with E-state index in [1.807, 2.05) is 24.6 Å². The van der Waals surface area contributed by atoms with Crippen molar-refractivity contribution in [3.8, 4) is 11.4 Å². The molecule has 202 valence electrons. The molecule has 7 nitrogen and oxygen atoms in total. The molecule has 7 rings (SSSR count). The van der Waals surface area contributed by atoms with Crippen LogP contribution < -0.4 is 4.74 Å². The van der Waals surface area contributed by atoms with Crippen LogP contribution in [0.3, 0.4) is 0 Å². The molecule has 2 saturated carbocycles. The van der Waals surface area contributed by atoms with E-state index in [0.717, 1.165) is 66.3 Å². The minimum atomic E-state index is -0.821. The van der Waals surface area contributed by atoms with Crippen LogP contribution in [0.2, 0.25) is 0 Å². The van der Waals surface area contributed by atoms with Crippen LogP contribution in [0.15, 0.2) is 60.1 Å². The van der Waals surface area contributed by atoms with E-state index in [0.29, 0.717) is 12.8 Å². The fraction of sp³-hybridized carbons (Fsp3) is 0.452. The SMILES string of the molecule is COc1cc(C2CC(=O)CCC23CC2(CC2)CN2C3=NOC2(C)c2ccc(F)cc2)ccc1-n1cnc(C)c1. The molecule has 2 spiro atoms. The number of halogens is 1. The van der Waals surface area contributed by atoms with Crippen molar-refractivity contribution in [2.45, 2.75) is 64.0 Å². The third-order valence-corrected chi connectivity index (χ3v) is 9.59. The van der Waals surface area contributed by atoms with Gasteiger partial charge in [0.1, 0.15) is 17.3 Å². The monoisotopic (exact) mass is 528 g/mol. The van der Waals surface area contributed by atoms with Crippen LogP contribution in [0.1, 0.15) is 68.2 Å². The number of nitrogens with zero attached hydrogens (tertiary/aromatic N) is 4. The fourth-order valence-corrected chi connectivity index (χ4v) is 7.29. The molecule has 3 aromatic rings. The number of rotatable bonds is 4. The number of ether oxygens (including phenoxy) is 1. The van der Waals surface area contributed by atoms with Crippen LogP contribution in [-0.2, 0) is 15.4 Å². The second kappa shape index (κ2) is 8.41. The van der Waals surface area contributed by atoms with Crippen LogP contribution in [-0.4, -0.2) is 39.7 Å². The number of carbonyl (C=O) groups excluding carboxylic acids is 1. The molecule has 1 aromatic heterocycles. The number of piperidine rings is 1. The summed E-state index contributed by atoms with van der Waals surface area (Å²) in [6.07, 6.45) is 8.79. The highest BCUT2D eigenvalue weighted by Crippen LogP contribution is 2.66. The molecular formula is C31H33FN4O3. The van der Waals surface area contributed by atoms with Gasteiger partial charge in [-0.25, -0.2) is 9.37 Å². The molecule has 8 heteroatoms. The summed E-state index contributed by atoms with van der Waals surface area (Å²) < 4.78 is 21.6. The number of benzene rings is 2. The molecule has 4 aliphatic rings. The zero-order valence-corrected chi connectivity index (χ0v) is 22.6. The quantitative estimate of drug-likeness (QED) is 0.425. The molecule has 2 aromatic carbocycles. The summed E-state index contributed by atoms with van der Waals surface area (Å²) in [6, 6.07) is 12.8. The lowest BCUT2D eigenvalue weighted by Gasteiger charge is -2.53. The Balaban J connectivity index is 1.32. The van der Waals surface area contributed by atoms with Crippen LogP contribution in [0.4, 0.5) is 4.39 Å².